The molecule has 0 fully saturated rings. The van der Waals surface area contributed by atoms with Gasteiger partial charge in [-0.3, -0.25) is 0 Å². The Bertz CT molecular complexity index is 156. The summed E-state index contributed by atoms with van der Waals surface area (Å²) in [6, 6.07) is 0. The monoisotopic (exact) mass is 138 g/mol. The third-order valence-corrected chi connectivity index (χ3v) is 1.88. The zero-order valence-electron chi connectivity index (χ0n) is 6.63. The van der Waals surface area contributed by atoms with Gasteiger partial charge in [0.05, 0.1) is 6.10 Å². The molecule has 1 heteroatoms. The van der Waals surface area contributed by atoms with Crippen LogP contribution in [0.5, 0.6) is 0 Å². The van der Waals surface area contributed by atoms with Gasteiger partial charge in [0.25, 0.3) is 0 Å². The van der Waals surface area contributed by atoms with E-state index >= 15 is 0 Å². The number of hydrogen-bond acceptors (Lipinski definition) is 1. The van der Waals surface area contributed by atoms with E-state index in [1.165, 1.54) is 5.57 Å². The van der Waals surface area contributed by atoms with Crippen LogP contribution in [0.15, 0.2) is 23.8 Å². The zero-order valence-corrected chi connectivity index (χ0v) is 6.63. The highest BCUT2D eigenvalue weighted by Gasteiger charge is 2.07. The van der Waals surface area contributed by atoms with Gasteiger partial charge in [-0.25, -0.2) is 0 Å². The summed E-state index contributed by atoms with van der Waals surface area (Å²) in [5.41, 5.74) is 1.48. The summed E-state index contributed by atoms with van der Waals surface area (Å²) >= 11 is 0. The molecule has 0 heterocycles. The Hall–Kier alpha value is -0.560. The molecule has 1 rings (SSSR count). The highest BCUT2D eigenvalue weighted by Crippen LogP contribution is 2.16. The van der Waals surface area contributed by atoms with E-state index in [9.17, 15) is 0 Å². The van der Waals surface area contributed by atoms with Crippen molar-refractivity contribution in [2.75, 3.05) is 7.11 Å². The fourth-order valence-corrected chi connectivity index (χ4v) is 1.13. The van der Waals surface area contributed by atoms with Crippen LogP contribution in [0.2, 0.25) is 0 Å². The summed E-state index contributed by atoms with van der Waals surface area (Å²) in [6.45, 7) is 2.18. The quantitative estimate of drug-likeness (QED) is 0.569. The van der Waals surface area contributed by atoms with Crippen molar-refractivity contribution < 1.29 is 4.74 Å². The first-order chi connectivity index (χ1) is 4.86. The predicted octanol–water partition coefficient (Wildman–Crippen LogP) is 2.30. The Kier molecular flexibility index (Phi) is 2.69. The van der Waals surface area contributed by atoms with Gasteiger partial charge in [0.1, 0.15) is 0 Å². The van der Waals surface area contributed by atoms with Crippen molar-refractivity contribution in [3.63, 3.8) is 0 Å². The summed E-state index contributed by atoms with van der Waals surface area (Å²) in [5.74, 6) is 0. The minimum absolute atomic E-state index is 0.319. The Balaban J connectivity index is 2.50. The van der Waals surface area contributed by atoms with E-state index < -0.39 is 0 Å². The van der Waals surface area contributed by atoms with Gasteiger partial charge in [0.2, 0.25) is 0 Å². The summed E-state index contributed by atoms with van der Waals surface area (Å²) in [4.78, 5) is 0. The van der Waals surface area contributed by atoms with Crippen LogP contribution in [0.3, 0.4) is 0 Å². The molecule has 0 spiro atoms. The van der Waals surface area contributed by atoms with Gasteiger partial charge in [-0.1, -0.05) is 30.7 Å². The van der Waals surface area contributed by atoms with E-state index in [2.05, 4.69) is 25.2 Å². The van der Waals surface area contributed by atoms with Crippen molar-refractivity contribution in [1.82, 2.24) is 0 Å². The third-order valence-electron chi connectivity index (χ3n) is 1.88. The lowest BCUT2D eigenvalue weighted by molar-refractivity contribution is 0.139. The van der Waals surface area contributed by atoms with Crippen LogP contribution < -0.4 is 0 Å². The molecule has 10 heavy (non-hydrogen) atoms. The molecule has 0 saturated heterocycles. The minimum Gasteiger partial charge on any atom is -0.377 e. The van der Waals surface area contributed by atoms with Crippen molar-refractivity contribution >= 4 is 0 Å². The SMILES string of the molecule is CCC1=CC=CC(OC)C1. The average Bonchev–Trinajstić information content (AvgIpc) is 2.05. The molecule has 0 bridgehead atoms. The Morgan fingerprint density at radius 2 is 2.50 bits per heavy atom. The molecule has 1 aliphatic rings. The van der Waals surface area contributed by atoms with Gasteiger partial charge in [0, 0.05) is 7.11 Å². The molecule has 56 valence electrons. The smallest absolute Gasteiger partial charge is 0.0792 e. The van der Waals surface area contributed by atoms with E-state index in [-0.39, 0.29) is 0 Å². The maximum Gasteiger partial charge on any atom is 0.0792 e. The van der Waals surface area contributed by atoms with Crippen molar-refractivity contribution in [3.05, 3.63) is 23.8 Å². The number of methoxy groups -OCH3 is 1. The number of ether oxygens (including phenoxy) is 1. The van der Waals surface area contributed by atoms with Crippen LogP contribution in [0, 0.1) is 0 Å². The Morgan fingerprint density at radius 3 is 3.10 bits per heavy atom. The molecule has 0 aliphatic heterocycles. The highest BCUT2D eigenvalue weighted by molar-refractivity contribution is 5.20. The summed E-state index contributed by atoms with van der Waals surface area (Å²) in [5, 5.41) is 0. The van der Waals surface area contributed by atoms with Crippen LogP contribution >= 0.6 is 0 Å². The van der Waals surface area contributed by atoms with Crippen molar-refractivity contribution in [1.29, 1.82) is 0 Å². The molecule has 0 radical (unpaired) electrons. The first-order valence-corrected chi connectivity index (χ1v) is 3.76. The predicted molar refractivity (Wildman–Crippen MR) is 42.9 cm³/mol. The molecule has 1 unspecified atom stereocenters. The van der Waals surface area contributed by atoms with E-state index in [0.717, 1.165) is 12.8 Å². The van der Waals surface area contributed by atoms with Gasteiger partial charge in [-0.15, -0.1) is 0 Å². The first kappa shape index (κ1) is 7.55. The average molecular weight is 138 g/mol. The maximum absolute atomic E-state index is 5.20. The van der Waals surface area contributed by atoms with E-state index in [0.29, 0.717) is 6.10 Å². The number of hydrogen-bond donors (Lipinski definition) is 0. The molecular formula is C9H14O. The van der Waals surface area contributed by atoms with Crippen molar-refractivity contribution in [2.24, 2.45) is 0 Å². The molecule has 0 N–H and O–H groups in total. The Labute approximate surface area is 62.4 Å². The van der Waals surface area contributed by atoms with E-state index in [4.69, 9.17) is 4.74 Å². The normalized spacial score (nSPS) is 24.6. The van der Waals surface area contributed by atoms with Gasteiger partial charge >= 0.3 is 0 Å². The molecule has 1 atom stereocenters. The fourth-order valence-electron chi connectivity index (χ4n) is 1.13. The molecule has 1 nitrogen and oxygen atoms in total. The van der Waals surface area contributed by atoms with Gasteiger partial charge in [-0.05, 0) is 12.8 Å². The van der Waals surface area contributed by atoms with Gasteiger partial charge in [0.15, 0.2) is 0 Å². The van der Waals surface area contributed by atoms with Crippen molar-refractivity contribution in [3.8, 4) is 0 Å². The molecule has 0 aromatic rings. The number of rotatable bonds is 2. The topological polar surface area (TPSA) is 9.23 Å². The molecule has 0 saturated carbocycles. The molecular weight excluding hydrogens is 124 g/mol. The third kappa shape index (κ3) is 1.71. The second kappa shape index (κ2) is 3.57. The first-order valence-electron chi connectivity index (χ1n) is 3.76. The van der Waals surface area contributed by atoms with Gasteiger partial charge < -0.3 is 4.74 Å². The minimum atomic E-state index is 0.319. The van der Waals surface area contributed by atoms with E-state index in [1.54, 1.807) is 7.11 Å². The zero-order chi connectivity index (χ0) is 7.40. The summed E-state index contributed by atoms with van der Waals surface area (Å²) in [7, 11) is 1.76. The van der Waals surface area contributed by atoms with Crippen LogP contribution in [0.25, 0.3) is 0 Å². The van der Waals surface area contributed by atoms with Crippen LogP contribution in [0.4, 0.5) is 0 Å². The largest absolute Gasteiger partial charge is 0.377 e. The summed E-state index contributed by atoms with van der Waals surface area (Å²) < 4.78 is 5.20. The standard InChI is InChI=1S/C9H14O/c1-3-8-5-4-6-9(7-8)10-2/h4-6,9H,3,7H2,1-2H3. The maximum atomic E-state index is 5.20. The van der Waals surface area contributed by atoms with E-state index in [1.807, 2.05) is 0 Å². The highest BCUT2D eigenvalue weighted by atomic mass is 16.5. The molecule has 0 aromatic carbocycles. The second-order valence-corrected chi connectivity index (χ2v) is 2.54. The molecule has 1 aliphatic carbocycles. The van der Waals surface area contributed by atoms with Crippen molar-refractivity contribution in [2.45, 2.75) is 25.9 Å². The summed E-state index contributed by atoms with van der Waals surface area (Å²) in [6.07, 6.45) is 8.89. The number of allylic oxidation sites excluding steroid dienone is 2. The Morgan fingerprint density at radius 1 is 1.70 bits per heavy atom. The van der Waals surface area contributed by atoms with Gasteiger partial charge in [-0.2, -0.15) is 0 Å². The lowest BCUT2D eigenvalue weighted by Crippen LogP contribution is -2.09. The fraction of sp³-hybridized carbons (Fsp3) is 0.556. The van der Waals surface area contributed by atoms with Crippen LogP contribution in [0.1, 0.15) is 19.8 Å². The van der Waals surface area contributed by atoms with Crippen LogP contribution in [-0.2, 0) is 4.74 Å². The lowest BCUT2D eigenvalue weighted by atomic mass is 10.0. The second-order valence-electron chi connectivity index (χ2n) is 2.54. The lowest BCUT2D eigenvalue weighted by Gasteiger charge is -2.15. The molecule has 0 amide bonds. The van der Waals surface area contributed by atoms with Crippen LogP contribution in [-0.4, -0.2) is 13.2 Å². The molecule has 0 aromatic heterocycles.